The van der Waals surface area contributed by atoms with Crippen molar-refractivity contribution in [3.8, 4) is 5.75 Å². The second kappa shape index (κ2) is 8.96. The van der Waals surface area contributed by atoms with Gasteiger partial charge in [0.2, 0.25) is 5.91 Å². The average Bonchev–Trinajstić information content (AvgIpc) is 2.56. The van der Waals surface area contributed by atoms with Crippen molar-refractivity contribution in [1.29, 1.82) is 0 Å². The van der Waals surface area contributed by atoms with Crippen molar-refractivity contribution < 1.29 is 25.0 Å². The fourth-order valence-electron chi connectivity index (χ4n) is 2.05. The van der Waals surface area contributed by atoms with Crippen LogP contribution in [0.2, 0.25) is 0 Å². The monoisotopic (exact) mass is 325 g/mol. The van der Waals surface area contributed by atoms with Crippen molar-refractivity contribution in [3.05, 3.63) is 28.8 Å². The molecule has 6 N–H and O–H groups in total. The second-order valence-corrected chi connectivity index (χ2v) is 5.05. The highest BCUT2D eigenvalue weighted by molar-refractivity contribution is 5.97. The number of amidine groups is 1. The van der Waals surface area contributed by atoms with E-state index in [0.29, 0.717) is 17.7 Å². The summed E-state index contributed by atoms with van der Waals surface area (Å²) < 4.78 is 5.65. The van der Waals surface area contributed by atoms with Crippen LogP contribution in [0.25, 0.3) is 0 Å². The molecule has 8 nitrogen and oxygen atoms in total. The van der Waals surface area contributed by atoms with Gasteiger partial charge in [-0.1, -0.05) is 12.1 Å². The predicted molar refractivity (Wildman–Crippen MR) is 84.7 cm³/mol. The van der Waals surface area contributed by atoms with Crippen molar-refractivity contribution in [1.82, 2.24) is 5.32 Å². The highest BCUT2D eigenvalue weighted by Crippen LogP contribution is 2.26. The number of carbonyl (C=O) groups is 1. The van der Waals surface area contributed by atoms with Crippen LogP contribution in [0.15, 0.2) is 17.3 Å². The lowest BCUT2D eigenvalue weighted by atomic mass is 10.0. The van der Waals surface area contributed by atoms with Gasteiger partial charge in [-0.25, -0.2) is 0 Å². The summed E-state index contributed by atoms with van der Waals surface area (Å²) in [6, 6.07) is 3.49. The number of rotatable bonds is 8. The number of aliphatic hydroxyl groups excluding tert-OH is 2. The Labute approximate surface area is 134 Å². The largest absolute Gasteiger partial charge is 0.490 e. The van der Waals surface area contributed by atoms with Crippen LogP contribution in [0.1, 0.15) is 23.6 Å². The molecule has 1 aromatic rings. The molecule has 0 saturated heterocycles. The van der Waals surface area contributed by atoms with Gasteiger partial charge in [-0.05, 0) is 36.6 Å². The molecule has 0 fully saturated rings. The van der Waals surface area contributed by atoms with Gasteiger partial charge < -0.3 is 31.2 Å². The van der Waals surface area contributed by atoms with Crippen LogP contribution in [0.4, 0.5) is 0 Å². The van der Waals surface area contributed by atoms with Crippen LogP contribution in [0.3, 0.4) is 0 Å². The van der Waals surface area contributed by atoms with E-state index in [1.165, 1.54) is 0 Å². The second-order valence-electron chi connectivity index (χ2n) is 5.05. The lowest BCUT2D eigenvalue weighted by molar-refractivity contribution is -0.124. The van der Waals surface area contributed by atoms with E-state index in [0.717, 1.165) is 11.1 Å². The SMILES string of the molecule is CCc1cc(C(N)=NO)cc(C)c1OC[C@H](O)CNC(=O)CO. The molecule has 0 unspecified atom stereocenters. The maximum atomic E-state index is 10.9. The fraction of sp³-hybridized carbons (Fsp3) is 0.467. The lowest BCUT2D eigenvalue weighted by Crippen LogP contribution is -2.36. The minimum Gasteiger partial charge on any atom is -0.490 e. The summed E-state index contributed by atoms with van der Waals surface area (Å²) in [6.07, 6.45) is -0.238. The van der Waals surface area contributed by atoms with E-state index in [-0.39, 0.29) is 19.0 Å². The molecule has 128 valence electrons. The van der Waals surface area contributed by atoms with E-state index in [1.54, 1.807) is 12.1 Å². The van der Waals surface area contributed by atoms with Gasteiger partial charge in [0.15, 0.2) is 5.84 Å². The number of oxime groups is 1. The average molecular weight is 325 g/mol. The number of hydrogen-bond donors (Lipinski definition) is 5. The highest BCUT2D eigenvalue weighted by atomic mass is 16.5. The van der Waals surface area contributed by atoms with E-state index in [4.69, 9.17) is 20.8 Å². The Morgan fingerprint density at radius 1 is 1.48 bits per heavy atom. The summed E-state index contributed by atoms with van der Waals surface area (Å²) in [5.41, 5.74) is 7.84. The number of carbonyl (C=O) groups excluding carboxylic acids is 1. The third-order valence-electron chi connectivity index (χ3n) is 3.23. The maximum absolute atomic E-state index is 10.9. The predicted octanol–water partition coefficient (Wildman–Crippen LogP) is -0.500. The van der Waals surface area contributed by atoms with Crippen LogP contribution in [-0.2, 0) is 11.2 Å². The van der Waals surface area contributed by atoms with Gasteiger partial charge >= 0.3 is 0 Å². The molecule has 0 saturated carbocycles. The summed E-state index contributed by atoms with van der Waals surface area (Å²) in [6.45, 7) is 3.12. The Morgan fingerprint density at radius 2 is 2.17 bits per heavy atom. The molecule has 1 amide bonds. The molecule has 0 aliphatic heterocycles. The van der Waals surface area contributed by atoms with Crippen molar-refractivity contribution in [3.63, 3.8) is 0 Å². The molecule has 0 radical (unpaired) electrons. The van der Waals surface area contributed by atoms with Gasteiger partial charge in [0, 0.05) is 12.1 Å². The van der Waals surface area contributed by atoms with E-state index >= 15 is 0 Å². The fourth-order valence-corrected chi connectivity index (χ4v) is 2.05. The van der Waals surface area contributed by atoms with Crippen LogP contribution in [0.5, 0.6) is 5.75 Å². The first kappa shape index (κ1) is 18.7. The van der Waals surface area contributed by atoms with Crippen molar-refractivity contribution in [2.45, 2.75) is 26.4 Å². The number of aryl methyl sites for hydroxylation is 2. The molecule has 0 aromatic heterocycles. The third kappa shape index (κ3) is 5.42. The Hall–Kier alpha value is -2.32. The lowest BCUT2D eigenvalue weighted by Gasteiger charge is -2.18. The van der Waals surface area contributed by atoms with Crippen LogP contribution >= 0.6 is 0 Å². The molecule has 0 bridgehead atoms. The van der Waals surface area contributed by atoms with Crippen LogP contribution in [0, 0.1) is 6.92 Å². The molecule has 1 rings (SSSR count). The molecule has 0 heterocycles. The zero-order valence-electron chi connectivity index (χ0n) is 13.2. The standard InChI is InChI=1S/C15H23N3O5/c1-3-10-5-11(15(16)18-22)4-9(2)14(10)23-8-12(20)6-17-13(21)7-19/h4-5,12,19-20,22H,3,6-8H2,1-2H3,(H2,16,18)(H,17,21)/t12-/m1/s1. The summed E-state index contributed by atoms with van der Waals surface area (Å²) in [4.78, 5) is 10.9. The number of benzene rings is 1. The normalized spacial score (nSPS) is 12.8. The van der Waals surface area contributed by atoms with Crippen LogP contribution in [-0.4, -0.2) is 53.0 Å². The molecular weight excluding hydrogens is 302 g/mol. The molecule has 23 heavy (non-hydrogen) atoms. The first-order valence-corrected chi connectivity index (χ1v) is 7.22. The van der Waals surface area contributed by atoms with Gasteiger partial charge in [0.1, 0.15) is 25.1 Å². The maximum Gasteiger partial charge on any atom is 0.245 e. The van der Waals surface area contributed by atoms with E-state index in [1.807, 2.05) is 13.8 Å². The first-order chi connectivity index (χ1) is 10.9. The summed E-state index contributed by atoms with van der Waals surface area (Å²) >= 11 is 0. The van der Waals surface area contributed by atoms with Crippen LogP contribution < -0.4 is 15.8 Å². The summed E-state index contributed by atoms with van der Waals surface area (Å²) in [7, 11) is 0. The van der Waals surface area contributed by atoms with E-state index in [9.17, 15) is 9.90 Å². The van der Waals surface area contributed by atoms with Crippen molar-refractivity contribution in [2.75, 3.05) is 19.8 Å². The van der Waals surface area contributed by atoms with Gasteiger partial charge in [-0.3, -0.25) is 4.79 Å². The van der Waals surface area contributed by atoms with E-state index in [2.05, 4.69) is 10.5 Å². The van der Waals surface area contributed by atoms with E-state index < -0.39 is 18.6 Å². The first-order valence-electron chi connectivity index (χ1n) is 7.22. The van der Waals surface area contributed by atoms with Crippen molar-refractivity contribution >= 4 is 11.7 Å². The minimum atomic E-state index is -0.904. The Morgan fingerprint density at radius 3 is 2.74 bits per heavy atom. The molecular formula is C15H23N3O5. The number of hydrogen-bond acceptors (Lipinski definition) is 6. The molecule has 1 aromatic carbocycles. The molecule has 0 aliphatic rings. The zero-order chi connectivity index (χ0) is 17.4. The Kier molecular flexibility index (Phi) is 7.30. The van der Waals surface area contributed by atoms with Gasteiger partial charge in [-0.15, -0.1) is 0 Å². The Balaban J connectivity index is 2.78. The number of ether oxygens (including phenoxy) is 1. The molecule has 8 heteroatoms. The summed E-state index contributed by atoms with van der Waals surface area (Å²) in [5.74, 6) is 0.0771. The molecule has 0 aliphatic carbocycles. The van der Waals surface area contributed by atoms with Crippen molar-refractivity contribution in [2.24, 2.45) is 10.9 Å². The minimum absolute atomic E-state index is 0.0114. The molecule has 0 spiro atoms. The zero-order valence-corrected chi connectivity index (χ0v) is 13.2. The van der Waals surface area contributed by atoms with Gasteiger partial charge in [-0.2, -0.15) is 0 Å². The quantitative estimate of drug-likeness (QED) is 0.189. The number of nitrogens with one attached hydrogen (secondary N) is 1. The Bertz CT molecular complexity index is 574. The van der Waals surface area contributed by atoms with Gasteiger partial charge in [0.05, 0.1) is 0 Å². The number of nitrogens with two attached hydrogens (primary N) is 1. The number of aliphatic hydroxyl groups is 2. The molecule has 1 atom stereocenters. The van der Waals surface area contributed by atoms with Gasteiger partial charge in [0.25, 0.3) is 0 Å². The third-order valence-corrected chi connectivity index (χ3v) is 3.23. The topological polar surface area (TPSA) is 137 Å². The summed E-state index contributed by atoms with van der Waals surface area (Å²) in [5, 5.41) is 32.5. The highest BCUT2D eigenvalue weighted by Gasteiger charge is 2.13. The smallest absolute Gasteiger partial charge is 0.245 e. The number of nitrogens with zero attached hydrogens (tertiary/aromatic N) is 1. The number of amides is 1.